The number of methoxy groups -OCH3 is 2. The molecule has 0 unspecified atom stereocenters. The number of ether oxygens (including phenoxy) is 2. The van der Waals surface area contributed by atoms with Crippen LogP contribution in [0.5, 0.6) is 11.5 Å². The number of aryl methyl sites for hydroxylation is 1. The van der Waals surface area contributed by atoms with Crippen molar-refractivity contribution in [3.63, 3.8) is 0 Å². The van der Waals surface area contributed by atoms with Gasteiger partial charge in [-0.05, 0) is 60.9 Å². The number of nitrogens with one attached hydrogen (secondary N) is 2. The molecule has 0 saturated heterocycles. The molecular weight excluding hydrogens is 430 g/mol. The van der Waals surface area contributed by atoms with Crippen LogP contribution in [0.15, 0.2) is 66.7 Å². The van der Waals surface area contributed by atoms with Crippen LogP contribution in [0, 0.1) is 6.92 Å². The average Bonchev–Trinajstić information content (AvgIpc) is 2.87. The minimum atomic E-state index is -0.373. The van der Waals surface area contributed by atoms with Crippen molar-refractivity contribution in [3.05, 3.63) is 89.0 Å². The second-order valence-electron chi connectivity index (χ2n) is 8.24. The van der Waals surface area contributed by atoms with Crippen LogP contribution < -0.4 is 20.1 Å². The first kappa shape index (κ1) is 23.2. The van der Waals surface area contributed by atoms with E-state index in [0.717, 1.165) is 22.4 Å². The maximum Gasteiger partial charge on any atom is 0.322 e. The van der Waals surface area contributed by atoms with Crippen molar-refractivity contribution in [1.29, 1.82) is 0 Å². The lowest BCUT2D eigenvalue weighted by atomic mass is 9.91. The largest absolute Gasteiger partial charge is 0.493 e. The summed E-state index contributed by atoms with van der Waals surface area (Å²) in [6.45, 7) is 2.77. The summed E-state index contributed by atoms with van der Waals surface area (Å²) in [5.41, 5.74) is 4.40. The molecule has 3 aromatic rings. The van der Waals surface area contributed by atoms with Crippen molar-refractivity contribution in [3.8, 4) is 11.5 Å². The molecule has 1 heterocycles. The molecule has 0 aliphatic carbocycles. The van der Waals surface area contributed by atoms with Gasteiger partial charge in [0.05, 0.1) is 20.3 Å². The smallest absolute Gasteiger partial charge is 0.322 e. The monoisotopic (exact) mass is 459 g/mol. The van der Waals surface area contributed by atoms with E-state index >= 15 is 0 Å². The van der Waals surface area contributed by atoms with E-state index in [1.54, 1.807) is 31.3 Å². The second-order valence-corrected chi connectivity index (χ2v) is 8.24. The van der Waals surface area contributed by atoms with Crippen LogP contribution in [0.1, 0.15) is 33.1 Å². The summed E-state index contributed by atoms with van der Waals surface area (Å²) in [5.74, 6) is 1.04. The summed E-state index contributed by atoms with van der Waals surface area (Å²) < 4.78 is 11.0. The van der Waals surface area contributed by atoms with Crippen LogP contribution in [-0.4, -0.2) is 44.1 Å². The van der Waals surface area contributed by atoms with Gasteiger partial charge in [-0.1, -0.05) is 35.9 Å². The molecular formula is C27H29N3O4. The Balaban J connectivity index is 1.62. The van der Waals surface area contributed by atoms with Crippen molar-refractivity contribution < 1.29 is 19.1 Å². The molecule has 7 heteroatoms. The Kier molecular flexibility index (Phi) is 7.01. The molecule has 3 amide bonds. The van der Waals surface area contributed by atoms with Gasteiger partial charge in [-0.15, -0.1) is 0 Å². The molecule has 7 nitrogen and oxygen atoms in total. The van der Waals surface area contributed by atoms with Crippen molar-refractivity contribution in [2.45, 2.75) is 19.4 Å². The van der Waals surface area contributed by atoms with E-state index in [2.05, 4.69) is 10.6 Å². The zero-order valence-electron chi connectivity index (χ0n) is 19.6. The highest BCUT2D eigenvalue weighted by atomic mass is 16.5. The number of nitrogens with zero attached hydrogens (tertiary/aromatic N) is 1. The second kappa shape index (κ2) is 10.3. The normalized spacial score (nSPS) is 14.7. The topological polar surface area (TPSA) is 79.9 Å². The third kappa shape index (κ3) is 4.98. The highest BCUT2D eigenvalue weighted by molar-refractivity contribution is 5.94. The summed E-state index contributed by atoms with van der Waals surface area (Å²) in [6, 6.07) is 20.0. The molecule has 2 N–H and O–H groups in total. The van der Waals surface area contributed by atoms with Crippen LogP contribution >= 0.6 is 0 Å². The first-order chi connectivity index (χ1) is 16.5. The lowest BCUT2D eigenvalue weighted by molar-refractivity contribution is 0.0936. The molecule has 1 aliphatic rings. The number of amides is 3. The number of carbonyl (C=O) groups excluding carboxylic acids is 2. The van der Waals surface area contributed by atoms with Crippen LogP contribution in [0.2, 0.25) is 0 Å². The van der Waals surface area contributed by atoms with Crippen LogP contribution in [0.25, 0.3) is 0 Å². The quantitative estimate of drug-likeness (QED) is 0.566. The van der Waals surface area contributed by atoms with Gasteiger partial charge in [-0.25, -0.2) is 4.79 Å². The Hall–Kier alpha value is -4.00. The third-order valence-corrected chi connectivity index (χ3v) is 6.06. The number of urea groups is 1. The van der Waals surface area contributed by atoms with Gasteiger partial charge in [-0.2, -0.15) is 0 Å². The summed E-state index contributed by atoms with van der Waals surface area (Å²) >= 11 is 0. The Bertz CT molecular complexity index is 1160. The number of anilines is 1. The molecule has 0 aromatic heterocycles. The van der Waals surface area contributed by atoms with Crippen molar-refractivity contribution in [2.24, 2.45) is 0 Å². The number of hydrogen-bond acceptors (Lipinski definition) is 4. The van der Waals surface area contributed by atoms with Crippen LogP contribution in [0.4, 0.5) is 10.5 Å². The van der Waals surface area contributed by atoms with Crippen molar-refractivity contribution in [1.82, 2.24) is 10.2 Å². The van der Waals surface area contributed by atoms with Gasteiger partial charge in [0.25, 0.3) is 5.91 Å². The molecule has 0 radical (unpaired) electrons. The van der Waals surface area contributed by atoms with Gasteiger partial charge in [0.1, 0.15) is 0 Å². The highest BCUT2D eigenvalue weighted by Gasteiger charge is 2.32. The molecule has 0 fully saturated rings. The Labute approximate surface area is 199 Å². The first-order valence-corrected chi connectivity index (χ1v) is 11.2. The van der Waals surface area contributed by atoms with Gasteiger partial charge in [0.15, 0.2) is 11.5 Å². The fourth-order valence-electron chi connectivity index (χ4n) is 4.20. The van der Waals surface area contributed by atoms with E-state index in [4.69, 9.17) is 9.47 Å². The maximum atomic E-state index is 13.3. The van der Waals surface area contributed by atoms with E-state index in [-0.39, 0.29) is 24.5 Å². The Morgan fingerprint density at radius 2 is 1.65 bits per heavy atom. The zero-order valence-corrected chi connectivity index (χ0v) is 19.6. The molecule has 0 spiro atoms. The van der Waals surface area contributed by atoms with E-state index in [9.17, 15) is 9.59 Å². The molecule has 0 saturated carbocycles. The maximum absolute atomic E-state index is 13.3. The predicted octanol–water partition coefficient (Wildman–Crippen LogP) is 4.57. The number of hydrogen-bond donors (Lipinski definition) is 2. The third-order valence-electron chi connectivity index (χ3n) is 6.06. The molecule has 176 valence electrons. The van der Waals surface area contributed by atoms with Gasteiger partial charge in [0.2, 0.25) is 0 Å². The highest BCUT2D eigenvalue weighted by Crippen LogP contribution is 2.38. The molecule has 4 rings (SSSR count). The van der Waals surface area contributed by atoms with Crippen molar-refractivity contribution >= 4 is 17.6 Å². The van der Waals surface area contributed by atoms with Gasteiger partial charge in [-0.3, -0.25) is 4.79 Å². The zero-order chi connectivity index (χ0) is 24.1. The fraction of sp³-hybridized carbons (Fsp3) is 0.259. The van der Waals surface area contributed by atoms with Crippen molar-refractivity contribution in [2.75, 3.05) is 32.6 Å². The Morgan fingerprint density at radius 1 is 0.971 bits per heavy atom. The average molecular weight is 460 g/mol. The number of benzene rings is 3. The van der Waals surface area contributed by atoms with Gasteiger partial charge in [0, 0.05) is 24.3 Å². The standard InChI is InChI=1S/C27H29N3O4/c1-18-9-11-21(12-10-18)29-27(32)30-14-13-20-15-24(33-2)25(34-3)16-22(20)23(30)17-28-26(31)19-7-5-4-6-8-19/h4-12,15-16,23H,13-14,17H2,1-3H3,(H,28,31)(H,29,32)/t23-/m0/s1. The van der Waals surface area contributed by atoms with E-state index in [1.807, 2.05) is 61.5 Å². The summed E-state index contributed by atoms with van der Waals surface area (Å²) in [7, 11) is 3.19. The van der Waals surface area contributed by atoms with Gasteiger partial charge < -0.3 is 25.0 Å². The number of rotatable bonds is 6. The predicted molar refractivity (Wildman–Crippen MR) is 132 cm³/mol. The Morgan fingerprint density at radius 3 is 2.32 bits per heavy atom. The minimum Gasteiger partial charge on any atom is -0.493 e. The molecule has 3 aromatic carbocycles. The molecule has 0 bridgehead atoms. The van der Waals surface area contributed by atoms with E-state index in [1.165, 1.54) is 0 Å². The summed E-state index contributed by atoms with van der Waals surface area (Å²) in [6.07, 6.45) is 0.667. The van der Waals surface area contributed by atoms with Gasteiger partial charge >= 0.3 is 6.03 Å². The van der Waals surface area contributed by atoms with Crippen LogP contribution in [0.3, 0.4) is 0 Å². The van der Waals surface area contributed by atoms with E-state index < -0.39 is 0 Å². The fourth-order valence-corrected chi connectivity index (χ4v) is 4.20. The minimum absolute atomic E-state index is 0.188. The lowest BCUT2D eigenvalue weighted by Crippen LogP contribution is -2.46. The summed E-state index contributed by atoms with van der Waals surface area (Å²) in [5, 5.41) is 5.99. The molecule has 34 heavy (non-hydrogen) atoms. The number of carbonyl (C=O) groups is 2. The first-order valence-electron chi connectivity index (χ1n) is 11.2. The van der Waals surface area contributed by atoms with E-state index in [0.29, 0.717) is 30.0 Å². The van der Waals surface area contributed by atoms with Crippen LogP contribution in [-0.2, 0) is 6.42 Å². The summed E-state index contributed by atoms with van der Waals surface area (Å²) in [4.78, 5) is 27.8. The lowest BCUT2D eigenvalue weighted by Gasteiger charge is -2.38. The SMILES string of the molecule is COc1cc2c(cc1OC)[C@H](CNC(=O)c1ccccc1)N(C(=O)Nc1ccc(C)cc1)CC2. The number of fused-ring (bicyclic) bond motifs is 1. The molecule has 1 atom stereocenters. The molecule has 1 aliphatic heterocycles.